The van der Waals surface area contributed by atoms with Gasteiger partial charge >= 0.3 is 0 Å². The molecule has 11 heavy (non-hydrogen) atoms. The second kappa shape index (κ2) is 5.45. The Morgan fingerprint density at radius 2 is 1.73 bits per heavy atom. The molecule has 0 spiro atoms. The van der Waals surface area contributed by atoms with Crippen molar-refractivity contribution < 1.29 is 20.1 Å². The van der Waals surface area contributed by atoms with Gasteiger partial charge in [-0.15, -0.1) is 0 Å². The fourth-order valence-electron chi connectivity index (χ4n) is 0.481. The molecule has 0 aromatic heterocycles. The Hall–Kier alpha value is -0.200. The molecule has 68 valence electrons. The number of aliphatic hydroxyl groups is 3. The van der Waals surface area contributed by atoms with E-state index < -0.39 is 5.54 Å². The van der Waals surface area contributed by atoms with Gasteiger partial charge in [0.1, 0.15) is 0 Å². The Morgan fingerprint density at radius 3 is 2.09 bits per heavy atom. The van der Waals surface area contributed by atoms with E-state index in [0.29, 0.717) is 0 Å². The predicted molar refractivity (Wildman–Crippen MR) is 39.0 cm³/mol. The number of rotatable bonds is 6. The van der Waals surface area contributed by atoms with Gasteiger partial charge in [0.2, 0.25) is 0 Å². The van der Waals surface area contributed by atoms with Gasteiger partial charge in [0.05, 0.1) is 38.6 Å². The van der Waals surface area contributed by atoms with Gasteiger partial charge in [-0.05, 0) is 0 Å². The van der Waals surface area contributed by atoms with Crippen molar-refractivity contribution in [3.63, 3.8) is 0 Å². The van der Waals surface area contributed by atoms with Crippen LogP contribution in [0.15, 0.2) is 0 Å². The third-order valence-corrected chi connectivity index (χ3v) is 1.25. The molecule has 0 aromatic carbocycles. The summed E-state index contributed by atoms with van der Waals surface area (Å²) in [6.07, 6.45) is 0. The van der Waals surface area contributed by atoms with Crippen LogP contribution in [0.5, 0.6) is 0 Å². The van der Waals surface area contributed by atoms with Crippen molar-refractivity contribution in [3.05, 3.63) is 0 Å². The number of aliphatic hydroxyl groups excluding tert-OH is 3. The van der Waals surface area contributed by atoms with E-state index >= 15 is 0 Å². The lowest BCUT2D eigenvalue weighted by Gasteiger charge is -2.23. The molecule has 0 saturated carbocycles. The van der Waals surface area contributed by atoms with Crippen molar-refractivity contribution in [1.29, 1.82) is 0 Å². The number of ether oxygens (including phenoxy) is 1. The van der Waals surface area contributed by atoms with Crippen LogP contribution >= 0.6 is 0 Å². The van der Waals surface area contributed by atoms with Crippen LogP contribution in [0.1, 0.15) is 0 Å². The van der Waals surface area contributed by atoms with E-state index in [1.807, 2.05) is 0 Å². The van der Waals surface area contributed by atoms with Crippen molar-refractivity contribution in [1.82, 2.24) is 0 Å². The lowest BCUT2D eigenvalue weighted by atomic mass is 10.1. The Labute approximate surface area is 65.4 Å². The van der Waals surface area contributed by atoms with Gasteiger partial charge < -0.3 is 25.8 Å². The zero-order valence-corrected chi connectivity index (χ0v) is 6.36. The molecule has 5 nitrogen and oxygen atoms in total. The summed E-state index contributed by atoms with van der Waals surface area (Å²) in [5.74, 6) is 0. The van der Waals surface area contributed by atoms with Gasteiger partial charge in [-0.2, -0.15) is 0 Å². The predicted octanol–water partition coefficient (Wildman–Crippen LogP) is -2.32. The fourth-order valence-corrected chi connectivity index (χ4v) is 0.481. The van der Waals surface area contributed by atoms with E-state index in [2.05, 4.69) is 0 Å². The zero-order valence-electron chi connectivity index (χ0n) is 6.36. The third-order valence-electron chi connectivity index (χ3n) is 1.25. The summed E-state index contributed by atoms with van der Waals surface area (Å²) in [5, 5.41) is 25.6. The summed E-state index contributed by atoms with van der Waals surface area (Å²) in [7, 11) is 0. The lowest BCUT2D eigenvalue weighted by Crippen LogP contribution is -2.51. The van der Waals surface area contributed by atoms with Crippen molar-refractivity contribution in [2.45, 2.75) is 5.54 Å². The molecule has 0 unspecified atom stereocenters. The maximum absolute atomic E-state index is 8.66. The first-order valence-corrected chi connectivity index (χ1v) is 3.38. The highest BCUT2D eigenvalue weighted by Crippen LogP contribution is 1.97. The van der Waals surface area contributed by atoms with Crippen LogP contribution < -0.4 is 5.73 Å². The third kappa shape index (κ3) is 4.28. The van der Waals surface area contributed by atoms with Crippen LogP contribution in [-0.2, 0) is 4.74 Å². The molecule has 0 saturated heterocycles. The van der Waals surface area contributed by atoms with E-state index in [-0.39, 0.29) is 33.0 Å². The molecule has 0 aliphatic rings. The lowest BCUT2D eigenvalue weighted by molar-refractivity contribution is 0.0126. The van der Waals surface area contributed by atoms with Crippen LogP contribution in [0, 0.1) is 0 Å². The Bertz CT molecular complexity index is 94.6. The van der Waals surface area contributed by atoms with Gasteiger partial charge in [0.25, 0.3) is 0 Å². The van der Waals surface area contributed by atoms with Crippen LogP contribution in [0.3, 0.4) is 0 Å². The minimum absolute atomic E-state index is 0.0422. The molecule has 5 N–H and O–H groups in total. The van der Waals surface area contributed by atoms with E-state index in [0.717, 1.165) is 0 Å². The first-order chi connectivity index (χ1) is 5.18. The summed E-state index contributed by atoms with van der Waals surface area (Å²) in [5.41, 5.74) is 4.34. The summed E-state index contributed by atoms with van der Waals surface area (Å²) in [6.45, 7) is -0.559. The molecule has 0 radical (unpaired) electrons. The minimum Gasteiger partial charge on any atom is -0.394 e. The first-order valence-electron chi connectivity index (χ1n) is 3.38. The Kier molecular flexibility index (Phi) is 5.35. The molecule has 0 aliphatic carbocycles. The van der Waals surface area contributed by atoms with Crippen molar-refractivity contribution >= 4 is 0 Å². The molecule has 5 heteroatoms. The zero-order chi connectivity index (χ0) is 8.74. The molecule has 0 aromatic rings. The second-order valence-electron chi connectivity index (χ2n) is 2.45. The average molecular weight is 165 g/mol. The average Bonchev–Trinajstić information content (AvgIpc) is 2.05. The van der Waals surface area contributed by atoms with Crippen molar-refractivity contribution in [2.24, 2.45) is 5.73 Å². The molecule has 0 rings (SSSR count). The van der Waals surface area contributed by atoms with Gasteiger partial charge in [0.15, 0.2) is 0 Å². The summed E-state index contributed by atoms with van der Waals surface area (Å²) in [6, 6.07) is 0. The molecule has 0 fully saturated rings. The van der Waals surface area contributed by atoms with E-state index in [1.165, 1.54) is 0 Å². The second-order valence-corrected chi connectivity index (χ2v) is 2.45. The quantitative estimate of drug-likeness (QED) is 0.331. The van der Waals surface area contributed by atoms with E-state index in [4.69, 9.17) is 25.8 Å². The van der Waals surface area contributed by atoms with Crippen LogP contribution in [0.4, 0.5) is 0 Å². The smallest absolute Gasteiger partial charge is 0.0859 e. The SMILES string of the molecule is NC(CO)(CO)COCCO. The highest BCUT2D eigenvalue weighted by atomic mass is 16.5. The van der Waals surface area contributed by atoms with Crippen LogP contribution in [-0.4, -0.2) is 53.9 Å². The molecule has 0 heterocycles. The van der Waals surface area contributed by atoms with Gasteiger partial charge in [0, 0.05) is 0 Å². The Morgan fingerprint density at radius 1 is 1.18 bits per heavy atom. The maximum Gasteiger partial charge on any atom is 0.0859 e. The summed E-state index contributed by atoms with van der Waals surface area (Å²) >= 11 is 0. The number of hydrogen-bond donors (Lipinski definition) is 4. The van der Waals surface area contributed by atoms with E-state index in [1.54, 1.807) is 0 Å². The summed E-state index contributed by atoms with van der Waals surface area (Å²) in [4.78, 5) is 0. The van der Waals surface area contributed by atoms with Gasteiger partial charge in [-0.3, -0.25) is 0 Å². The summed E-state index contributed by atoms with van der Waals surface area (Å²) < 4.78 is 4.83. The molecule has 0 atom stereocenters. The molecular formula is C6H15NO4. The highest BCUT2D eigenvalue weighted by molar-refractivity contribution is 4.81. The van der Waals surface area contributed by atoms with Gasteiger partial charge in [-0.1, -0.05) is 0 Å². The standard InChI is InChI=1S/C6H15NO4/c7-6(3-9,4-10)5-11-2-1-8/h8-10H,1-5,7H2. The number of hydrogen-bond acceptors (Lipinski definition) is 5. The maximum atomic E-state index is 8.66. The number of nitrogens with two attached hydrogens (primary N) is 1. The molecule has 0 amide bonds. The molecule has 0 bridgehead atoms. The monoisotopic (exact) mass is 165 g/mol. The van der Waals surface area contributed by atoms with Gasteiger partial charge in [-0.25, -0.2) is 0 Å². The largest absolute Gasteiger partial charge is 0.394 e. The van der Waals surface area contributed by atoms with Crippen molar-refractivity contribution in [3.8, 4) is 0 Å². The molecule has 0 aliphatic heterocycles. The van der Waals surface area contributed by atoms with E-state index in [9.17, 15) is 0 Å². The fraction of sp³-hybridized carbons (Fsp3) is 1.00. The van der Waals surface area contributed by atoms with Crippen molar-refractivity contribution in [2.75, 3.05) is 33.0 Å². The topological polar surface area (TPSA) is 95.9 Å². The highest BCUT2D eigenvalue weighted by Gasteiger charge is 2.22. The first kappa shape index (κ1) is 10.8. The van der Waals surface area contributed by atoms with Crippen LogP contribution in [0.2, 0.25) is 0 Å². The normalized spacial score (nSPS) is 12.0. The Balaban J connectivity index is 3.51. The minimum atomic E-state index is -1.09. The van der Waals surface area contributed by atoms with Crippen LogP contribution in [0.25, 0.3) is 0 Å². The molecular weight excluding hydrogens is 150 g/mol.